The highest BCUT2D eigenvalue weighted by molar-refractivity contribution is 7.89. The molecule has 1 atom stereocenters. The molecule has 0 bridgehead atoms. The van der Waals surface area contributed by atoms with Crippen molar-refractivity contribution in [3.63, 3.8) is 0 Å². The quantitative estimate of drug-likeness (QED) is 0.674. The number of hydrogen-bond donors (Lipinski definition) is 2. The van der Waals surface area contributed by atoms with Crippen molar-refractivity contribution in [1.82, 2.24) is 9.88 Å². The first-order valence-electron chi connectivity index (χ1n) is 5.65. The van der Waals surface area contributed by atoms with Gasteiger partial charge in [0.1, 0.15) is 16.6 Å². The number of aromatic nitrogens is 1. The van der Waals surface area contributed by atoms with Gasteiger partial charge in [-0.1, -0.05) is 5.16 Å². The third-order valence-electron chi connectivity index (χ3n) is 2.34. The van der Waals surface area contributed by atoms with Gasteiger partial charge in [-0.15, -0.1) is 0 Å². The molecule has 0 saturated carbocycles. The van der Waals surface area contributed by atoms with E-state index < -0.39 is 22.0 Å². The van der Waals surface area contributed by atoms with Gasteiger partial charge >= 0.3 is 5.97 Å². The van der Waals surface area contributed by atoms with Gasteiger partial charge < -0.3 is 15.0 Å². The average Bonchev–Trinajstić information content (AvgIpc) is 2.66. The van der Waals surface area contributed by atoms with E-state index in [0.717, 1.165) is 0 Å². The molecule has 108 valence electrons. The van der Waals surface area contributed by atoms with Crippen molar-refractivity contribution in [3.8, 4) is 0 Å². The molecule has 1 aromatic rings. The molecule has 1 rings (SSSR count). The van der Waals surface area contributed by atoms with Crippen LogP contribution in [0.5, 0.6) is 0 Å². The van der Waals surface area contributed by atoms with Gasteiger partial charge in [-0.2, -0.15) is 4.72 Å². The molecular formula is C10H17N3O5S. The lowest BCUT2D eigenvalue weighted by molar-refractivity contribution is -0.144. The van der Waals surface area contributed by atoms with Gasteiger partial charge in [0, 0.05) is 6.54 Å². The van der Waals surface area contributed by atoms with Crippen LogP contribution in [0.4, 0.5) is 0 Å². The number of nitrogens with zero attached hydrogens (tertiary/aromatic N) is 1. The van der Waals surface area contributed by atoms with Crippen LogP contribution in [0, 0.1) is 13.8 Å². The Morgan fingerprint density at radius 3 is 2.58 bits per heavy atom. The van der Waals surface area contributed by atoms with E-state index in [9.17, 15) is 13.2 Å². The molecule has 0 aliphatic rings. The second-order valence-electron chi connectivity index (χ2n) is 3.81. The van der Waals surface area contributed by atoms with Crippen LogP contribution in [0.3, 0.4) is 0 Å². The lowest BCUT2D eigenvalue weighted by Gasteiger charge is -2.15. The topological polar surface area (TPSA) is 125 Å². The number of ether oxygens (including phenoxy) is 1. The van der Waals surface area contributed by atoms with Crippen LogP contribution < -0.4 is 10.5 Å². The largest absolute Gasteiger partial charge is 0.465 e. The first-order chi connectivity index (χ1) is 8.83. The number of rotatable bonds is 6. The molecule has 3 N–H and O–H groups in total. The van der Waals surface area contributed by atoms with E-state index in [1.165, 1.54) is 13.8 Å². The van der Waals surface area contributed by atoms with Crippen LogP contribution in [-0.4, -0.2) is 38.7 Å². The first kappa shape index (κ1) is 15.6. The van der Waals surface area contributed by atoms with E-state index >= 15 is 0 Å². The number of hydrogen-bond acceptors (Lipinski definition) is 7. The number of sulfonamides is 1. The summed E-state index contributed by atoms with van der Waals surface area (Å²) in [7, 11) is -3.94. The molecule has 19 heavy (non-hydrogen) atoms. The zero-order valence-corrected chi connectivity index (χ0v) is 11.8. The summed E-state index contributed by atoms with van der Waals surface area (Å²) in [5.41, 5.74) is 5.59. The summed E-state index contributed by atoms with van der Waals surface area (Å²) in [6.07, 6.45) is 0. The Morgan fingerprint density at radius 1 is 1.53 bits per heavy atom. The monoisotopic (exact) mass is 291 g/mol. The predicted octanol–water partition coefficient (Wildman–Crippen LogP) is -0.540. The van der Waals surface area contributed by atoms with Gasteiger partial charge in [-0.25, -0.2) is 8.42 Å². The Labute approximate surface area is 111 Å². The van der Waals surface area contributed by atoms with Crippen LogP contribution in [-0.2, 0) is 19.6 Å². The Morgan fingerprint density at radius 2 is 2.16 bits per heavy atom. The van der Waals surface area contributed by atoms with E-state index in [0.29, 0.717) is 0 Å². The van der Waals surface area contributed by atoms with Gasteiger partial charge in [0.25, 0.3) is 0 Å². The molecule has 0 radical (unpaired) electrons. The standard InChI is InChI=1S/C10H17N3O5S/c1-4-17-10(14)8(5-11)13-19(15,16)9-6(2)12-18-7(9)3/h8,13H,4-5,11H2,1-3H3/t8-/m0/s1. The summed E-state index contributed by atoms with van der Waals surface area (Å²) in [6, 6.07) is -1.14. The Bertz CT molecular complexity index is 532. The van der Waals surface area contributed by atoms with Crippen molar-refractivity contribution in [2.75, 3.05) is 13.2 Å². The Kier molecular flexibility index (Phi) is 5.04. The average molecular weight is 291 g/mol. The molecule has 0 unspecified atom stereocenters. The summed E-state index contributed by atoms with van der Waals surface area (Å²) in [5, 5.41) is 3.56. The molecule has 9 heteroatoms. The SMILES string of the molecule is CCOC(=O)[C@H](CN)NS(=O)(=O)c1c(C)noc1C. The highest BCUT2D eigenvalue weighted by atomic mass is 32.2. The Hall–Kier alpha value is -1.45. The second kappa shape index (κ2) is 6.13. The van der Waals surface area contributed by atoms with Crippen molar-refractivity contribution >= 4 is 16.0 Å². The lowest BCUT2D eigenvalue weighted by Crippen LogP contribution is -2.46. The molecule has 0 aliphatic carbocycles. The number of nitrogens with one attached hydrogen (secondary N) is 1. The van der Waals surface area contributed by atoms with Crippen molar-refractivity contribution in [2.24, 2.45) is 5.73 Å². The summed E-state index contributed by atoms with van der Waals surface area (Å²) in [4.78, 5) is 11.4. The van der Waals surface area contributed by atoms with Crippen LogP contribution >= 0.6 is 0 Å². The maximum Gasteiger partial charge on any atom is 0.325 e. The van der Waals surface area contributed by atoms with Crippen molar-refractivity contribution < 1.29 is 22.5 Å². The van der Waals surface area contributed by atoms with E-state index in [4.69, 9.17) is 15.0 Å². The summed E-state index contributed by atoms with van der Waals surface area (Å²) >= 11 is 0. The smallest absolute Gasteiger partial charge is 0.325 e. The summed E-state index contributed by atoms with van der Waals surface area (Å²) in [6.45, 7) is 4.52. The van der Waals surface area contributed by atoms with Crippen LogP contribution in [0.2, 0.25) is 0 Å². The molecule has 8 nitrogen and oxygen atoms in total. The van der Waals surface area contributed by atoms with E-state index in [-0.39, 0.29) is 29.5 Å². The molecule has 0 saturated heterocycles. The Balaban J connectivity index is 2.99. The fourth-order valence-electron chi connectivity index (χ4n) is 1.54. The first-order valence-corrected chi connectivity index (χ1v) is 7.13. The molecule has 0 spiro atoms. The van der Waals surface area contributed by atoms with Crippen LogP contribution in [0.25, 0.3) is 0 Å². The lowest BCUT2D eigenvalue weighted by atomic mass is 10.3. The normalized spacial score (nSPS) is 13.3. The highest BCUT2D eigenvalue weighted by Gasteiger charge is 2.30. The fourth-order valence-corrected chi connectivity index (χ4v) is 3.07. The van der Waals surface area contributed by atoms with Crippen molar-refractivity contribution in [2.45, 2.75) is 31.7 Å². The van der Waals surface area contributed by atoms with Gasteiger partial charge in [0.05, 0.1) is 6.61 Å². The number of nitrogens with two attached hydrogens (primary N) is 1. The summed E-state index contributed by atoms with van der Waals surface area (Å²) in [5.74, 6) is -0.579. The predicted molar refractivity (Wildman–Crippen MR) is 65.8 cm³/mol. The molecule has 0 aliphatic heterocycles. The minimum absolute atomic E-state index is 0.0877. The van der Waals surface area contributed by atoms with Gasteiger partial charge in [0.2, 0.25) is 10.0 Å². The maximum atomic E-state index is 12.1. The highest BCUT2D eigenvalue weighted by Crippen LogP contribution is 2.18. The second-order valence-corrected chi connectivity index (χ2v) is 5.47. The fraction of sp³-hybridized carbons (Fsp3) is 0.600. The van der Waals surface area contributed by atoms with Gasteiger partial charge in [-0.05, 0) is 20.8 Å². The van der Waals surface area contributed by atoms with E-state index in [1.54, 1.807) is 6.92 Å². The van der Waals surface area contributed by atoms with E-state index in [1.807, 2.05) is 0 Å². The minimum atomic E-state index is -3.94. The van der Waals surface area contributed by atoms with Gasteiger partial charge in [-0.3, -0.25) is 4.79 Å². The third-order valence-corrected chi connectivity index (χ3v) is 4.06. The van der Waals surface area contributed by atoms with Gasteiger partial charge in [0.15, 0.2) is 5.76 Å². The van der Waals surface area contributed by atoms with Crippen LogP contribution in [0.15, 0.2) is 9.42 Å². The molecule has 0 fully saturated rings. The number of esters is 1. The van der Waals surface area contributed by atoms with Crippen molar-refractivity contribution in [3.05, 3.63) is 11.5 Å². The molecule has 0 amide bonds. The number of aryl methyl sites for hydroxylation is 2. The molecular weight excluding hydrogens is 274 g/mol. The zero-order chi connectivity index (χ0) is 14.6. The van der Waals surface area contributed by atoms with E-state index in [2.05, 4.69) is 9.88 Å². The zero-order valence-electron chi connectivity index (χ0n) is 11.0. The minimum Gasteiger partial charge on any atom is -0.465 e. The third kappa shape index (κ3) is 3.52. The molecule has 1 aromatic heterocycles. The molecule has 0 aromatic carbocycles. The maximum absolute atomic E-state index is 12.1. The summed E-state index contributed by atoms with van der Waals surface area (Å²) < 4.78 is 36.0. The van der Waals surface area contributed by atoms with Crippen molar-refractivity contribution in [1.29, 1.82) is 0 Å². The number of carbonyl (C=O) groups is 1. The van der Waals surface area contributed by atoms with Crippen LogP contribution in [0.1, 0.15) is 18.4 Å². The molecule has 1 heterocycles. The number of carbonyl (C=O) groups excluding carboxylic acids is 1.